The highest BCUT2D eigenvalue weighted by Crippen LogP contribution is 2.36. The number of nitrogens with two attached hydrogens (primary N) is 3. The van der Waals surface area contributed by atoms with Gasteiger partial charge in [0.2, 0.25) is 12.7 Å². The summed E-state index contributed by atoms with van der Waals surface area (Å²) < 4.78 is 36.3. The molecule has 6 N–H and O–H groups in total. The minimum absolute atomic E-state index is 0.0529. The standard InChI is InChI=1S/C14H22N2.3C12H13NO.C12H14O3.C8H16F2N2.C8H16N2O/c1-11(2)16-9-13(8-14(15)10-16)12-6-4-3-5-7-12;1-9(2)8-12(14)10-4-6-11(13-3)7-5-10;1-9(2)7-12(14)10-5-4-6-11(8-10)13-3;1-9(2)7-12(14)11-6-4-3-5-10(11)8-13;1-8(2)6-10(13)9-4-3-5-11-12(9)15-7-14-11;1-5(2)12-3-6(9)8(10)7(11)4-12;1-6(2)10-5-7(9)3-4-8(10)11/h3-7,11,13-14H,8-10,15H2,1-2H3;4-7,9H,8H2,1-2H3;4-6,8-9H,7H2,1-2H3;3-6,9H,7H2,1-2H3;3-5,8H,6-7H2,1-2H3;5-8H,3-4,11H2,1-2H3;6-7H,3-5,9H2,1-2H3. The number of piperidine rings is 3. The third-order valence-corrected chi connectivity index (χ3v) is 16.0. The molecule has 4 aliphatic heterocycles. The number of fused-ring (bicyclic) bond motifs is 1. The number of ketones is 4. The molecule has 5 aromatic carbocycles. The molecule has 5 aromatic rings. The molecule has 0 spiro atoms. The molecule has 3 saturated heterocycles. The Kier molecular flexibility index (Phi) is 36.4. The number of carbonyl (C=O) groups excluding carboxylic acids is 5. The molecule has 0 aliphatic carbocycles. The first-order valence-electron chi connectivity index (χ1n) is 33.7. The maximum atomic E-state index is 12.9. The SMILES string of the molecule is CC(C)CC(=O)c1cccc2c1OCO2.CC(C)CC(=O)c1ccccc1C#N.CC(C)N1CC(N)C(F)C(F)C1.CC(C)N1CC(N)CC(c2ccccc2)C1.CC(C)N1CC(N)CCC1=O.[C-]#[N+]c1ccc(C(=O)CC(C)C)cc1.[C-]#[N+]c1cccc(C(=O)CC(C)C)c1. The average Bonchev–Trinajstić information content (AvgIpc) is 1.66. The highest BCUT2D eigenvalue weighted by atomic mass is 19.2. The van der Waals surface area contributed by atoms with Crippen molar-refractivity contribution in [1.82, 2.24) is 14.7 Å². The lowest BCUT2D eigenvalue weighted by atomic mass is 9.88. The fourth-order valence-electron chi connectivity index (χ4n) is 10.8. The Morgan fingerprint density at radius 2 is 1.08 bits per heavy atom. The predicted molar refractivity (Wildman–Crippen MR) is 381 cm³/mol. The molecule has 9 rings (SSSR count). The van der Waals surface area contributed by atoms with Crippen molar-refractivity contribution in [2.75, 3.05) is 39.5 Å². The van der Waals surface area contributed by atoms with Crippen LogP contribution in [0.3, 0.4) is 0 Å². The monoisotopic (exact) mass is 1320 g/mol. The second-order valence-corrected chi connectivity index (χ2v) is 27.4. The van der Waals surface area contributed by atoms with Crippen molar-refractivity contribution in [2.24, 2.45) is 40.9 Å². The molecular formula is C78H107F2N9O7. The van der Waals surface area contributed by atoms with Crippen molar-refractivity contribution in [3.8, 4) is 17.6 Å². The van der Waals surface area contributed by atoms with E-state index in [0.717, 1.165) is 32.5 Å². The number of hydrogen-bond acceptors (Lipinski definition) is 13. The molecule has 0 aromatic heterocycles. The Labute approximate surface area is 571 Å². The third kappa shape index (κ3) is 29.1. The summed E-state index contributed by atoms with van der Waals surface area (Å²) in [6.45, 7) is 45.9. The number of para-hydroxylation sites is 1. The van der Waals surface area contributed by atoms with Crippen LogP contribution < -0.4 is 26.7 Å². The van der Waals surface area contributed by atoms with Crippen LogP contribution in [0, 0.1) is 48.1 Å². The van der Waals surface area contributed by atoms with Gasteiger partial charge in [0.25, 0.3) is 0 Å². The van der Waals surface area contributed by atoms with Crippen molar-refractivity contribution in [3.05, 3.63) is 178 Å². The summed E-state index contributed by atoms with van der Waals surface area (Å²) in [7, 11) is 0. The molecule has 6 atom stereocenters. The zero-order valence-corrected chi connectivity index (χ0v) is 59.3. The van der Waals surface area contributed by atoms with Gasteiger partial charge in [-0.1, -0.05) is 152 Å². The average molecular weight is 1320 g/mol. The minimum Gasteiger partial charge on any atom is -0.454 e. The Morgan fingerprint density at radius 3 is 1.61 bits per heavy atom. The summed E-state index contributed by atoms with van der Waals surface area (Å²) in [5, 5.41) is 8.80. The quantitative estimate of drug-likeness (QED) is 0.0618. The zero-order chi connectivity index (χ0) is 71.8. The van der Waals surface area contributed by atoms with Crippen LogP contribution >= 0.6 is 0 Å². The summed E-state index contributed by atoms with van der Waals surface area (Å²) in [6.07, 6.45) is 1.84. The minimum atomic E-state index is -1.49. The number of amides is 1. The van der Waals surface area contributed by atoms with Gasteiger partial charge in [0.05, 0.1) is 36.4 Å². The normalized spacial score (nSPS) is 18.8. The van der Waals surface area contributed by atoms with E-state index in [0.29, 0.717) is 137 Å². The first-order valence-corrected chi connectivity index (χ1v) is 33.7. The second kappa shape index (κ2) is 42.5. The van der Waals surface area contributed by atoms with Gasteiger partial charge >= 0.3 is 0 Å². The molecule has 4 aliphatic rings. The Bertz CT molecular complexity index is 3320. The molecule has 96 heavy (non-hydrogen) atoms. The largest absolute Gasteiger partial charge is 0.454 e. The maximum absolute atomic E-state index is 12.9. The van der Waals surface area contributed by atoms with Crippen LogP contribution in [-0.4, -0.2) is 132 Å². The van der Waals surface area contributed by atoms with E-state index < -0.39 is 18.4 Å². The van der Waals surface area contributed by atoms with Crippen LogP contribution in [0.5, 0.6) is 11.5 Å². The van der Waals surface area contributed by atoms with Gasteiger partial charge in [-0.15, -0.1) is 0 Å². The fraction of sp³-hybridized carbons (Fsp3) is 0.513. The van der Waals surface area contributed by atoms with Crippen molar-refractivity contribution < 1.29 is 42.2 Å². The molecular weight excluding hydrogens is 1210 g/mol. The second-order valence-electron chi connectivity index (χ2n) is 27.4. The van der Waals surface area contributed by atoms with Crippen LogP contribution in [0.4, 0.5) is 20.2 Å². The summed E-state index contributed by atoms with van der Waals surface area (Å²) in [5.41, 5.74) is 22.9. The number of nitriles is 1. The summed E-state index contributed by atoms with van der Waals surface area (Å²) in [4.78, 5) is 70.8. The van der Waals surface area contributed by atoms with Crippen LogP contribution in [0.25, 0.3) is 9.69 Å². The van der Waals surface area contributed by atoms with Crippen LogP contribution in [0.15, 0.2) is 121 Å². The molecule has 0 bridgehead atoms. The highest BCUT2D eigenvalue weighted by molar-refractivity contribution is 6.00. The van der Waals surface area contributed by atoms with Gasteiger partial charge in [-0.2, -0.15) is 5.26 Å². The van der Waals surface area contributed by atoms with Crippen molar-refractivity contribution >= 4 is 40.4 Å². The number of nitrogens with zero attached hydrogens (tertiary/aromatic N) is 6. The van der Waals surface area contributed by atoms with Crippen molar-refractivity contribution in [2.45, 2.75) is 196 Å². The van der Waals surface area contributed by atoms with Crippen molar-refractivity contribution in [3.63, 3.8) is 0 Å². The summed E-state index contributed by atoms with van der Waals surface area (Å²) >= 11 is 0. The lowest BCUT2D eigenvalue weighted by molar-refractivity contribution is -0.135. The van der Waals surface area contributed by atoms with Crippen LogP contribution in [-0.2, 0) is 4.79 Å². The van der Waals surface area contributed by atoms with E-state index in [-0.39, 0.29) is 54.5 Å². The summed E-state index contributed by atoms with van der Waals surface area (Å²) in [6, 6.07) is 39.8. The summed E-state index contributed by atoms with van der Waals surface area (Å²) in [5.74, 6) is 3.99. The predicted octanol–water partition coefficient (Wildman–Crippen LogP) is 15.6. The van der Waals surface area contributed by atoms with Crippen LogP contribution in [0.2, 0.25) is 0 Å². The number of carbonyl (C=O) groups is 5. The number of Topliss-reactive ketones (excluding diaryl/α,β-unsaturated/α-hetero) is 4. The van der Waals surface area contributed by atoms with E-state index in [1.165, 1.54) is 5.56 Å². The Hall–Kier alpha value is -8.02. The van der Waals surface area contributed by atoms with Gasteiger partial charge in [-0.25, -0.2) is 18.5 Å². The lowest BCUT2D eigenvalue weighted by Crippen LogP contribution is -2.57. The van der Waals surface area contributed by atoms with Gasteiger partial charge < -0.3 is 31.6 Å². The van der Waals surface area contributed by atoms with E-state index in [2.05, 4.69) is 58.8 Å². The number of rotatable bonds is 16. The van der Waals surface area contributed by atoms with Gasteiger partial charge in [-0.05, 0) is 114 Å². The van der Waals surface area contributed by atoms with E-state index in [1.54, 1.807) is 78.9 Å². The van der Waals surface area contributed by atoms with E-state index >= 15 is 0 Å². The molecule has 16 nitrogen and oxygen atoms in total. The third-order valence-electron chi connectivity index (χ3n) is 16.0. The Morgan fingerprint density at radius 1 is 0.562 bits per heavy atom. The number of hydrogen-bond donors (Lipinski definition) is 3. The van der Waals surface area contributed by atoms with Crippen LogP contribution in [0.1, 0.15) is 200 Å². The first-order chi connectivity index (χ1) is 45.4. The lowest BCUT2D eigenvalue weighted by Gasteiger charge is -2.38. The number of likely N-dealkylation sites (tertiary alicyclic amines) is 3. The Balaban J connectivity index is 0.000000293. The molecule has 0 saturated carbocycles. The van der Waals surface area contributed by atoms with E-state index in [4.69, 9.17) is 45.1 Å². The molecule has 0 radical (unpaired) electrons. The number of benzene rings is 5. The van der Waals surface area contributed by atoms with E-state index in [9.17, 15) is 32.8 Å². The van der Waals surface area contributed by atoms with E-state index in [1.807, 2.05) is 111 Å². The zero-order valence-electron chi connectivity index (χ0n) is 59.3. The smallest absolute Gasteiger partial charge is 0.231 e. The van der Waals surface area contributed by atoms with Gasteiger partial charge in [0.15, 0.2) is 46.0 Å². The maximum Gasteiger partial charge on any atom is 0.231 e. The highest BCUT2D eigenvalue weighted by Gasteiger charge is 2.36. The van der Waals surface area contributed by atoms with Gasteiger partial charge in [0.1, 0.15) is 12.3 Å². The number of alkyl halides is 2. The molecule has 3 fully saturated rings. The fourth-order valence-corrected chi connectivity index (χ4v) is 10.8. The number of halogens is 2. The van der Waals surface area contributed by atoms with Gasteiger partial charge in [-0.3, -0.25) is 33.8 Å². The molecule has 4 heterocycles. The number of ether oxygens (including phenoxy) is 2. The molecule has 520 valence electrons. The molecule has 18 heteroatoms. The first kappa shape index (κ1) is 82.2. The van der Waals surface area contributed by atoms with Crippen molar-refractivity contribution in [1.29, 1.82) is 5.26 Å². The van der Waals surface area contributed by atoms with Gasteiger partial charge in [0, 0.05) is 112 Å². The topological polar surface area (TPSA) is 224 Å². The molecule has 6 unspecified atom stereocenters. The molecule has 1 amide bonds.